The average molecular weight is 548 g/mol. The van der Waals surface area contributed by atoms with Crippen molar-refractivity contribution >= 4 is 69.4 Å². The molecular formula is C22H25Cl2F2N5O3S. The lowest BCUT2D eigenvalue weighted by Crippen LogP contribution is -2.34. The van der Waals surface area contributed by atoms with Crippen LogP contribution in [-0.4, -0.2) is 34.8 Å². The van der Waals surface area contributed by atoms with Crippen molar-refractivity contribution in [2.45, 2.75) is 40.7 Å². The molecule has 13 heteroatoms. The van der Waals surface area contributed by atoms with Crippen molar-refractivity contribution in [2.24, 2.45) is 5.41 Å². The van der Waals surface area contributed by atoms with Crippen molar-refractivity contribution in [1.29, 1.82) is 0 Å². The number of nitrogen functional groups attached to an aromatic ring is 1. The van der Waals surface area contributed by atoms with Gasteiger partial charge < -0.3 is 26.4 Å². The zero-order valence-corrected chi connectivity index (χ0v) is 21.7. The van der Waals surface area contributed by atoms with Crippen molar-refractivity contribution in [3.8, 4) is 5.88 Å². The standard InChI is InChI=1S/C22H25Cl2F2N5O3S/c1-10(32)12-7-14(18(27)31-19(12)34-9-15(25)26)29-21(35)30-17-13(23)6-5-11(16(17)24)8-28-20(33)22(2,3)4/h5-7,15H,8-9H2,1-4H3,(H2,27,31)(H,28,33)(H2,29,30,35). The maximum atomic E-state index is 12.5. The number of hydrogen-bond acceptors (Lipinski definition) is 6. The van der Waals surface area contributed by atoms with E-state index in [0.717, 1.165) is 0 Å². The third kappa shape index (κ3) is 7.87. The molecule has 0 unspecified atom stereocenters. The second-order valence-corrected chi connectivity index (χ2v) is 9.63. The molecule has 0 spiro atoms. The van der Waals surface area contributed by atoms with Gasteiger partial charge in [0.05, 0.1) is 27.0 Å². The van der Waals surface area contributed by atoms with E-state index >= 15 is 0 Å². The van der Waals surface area contributed by atoms with Crippen LogP contribution in [0.3, 0.4) is 0 Å². The number of hydrogen-bond donors (Lipinski definition) is 4. The summed E-state index contributed by atoms with van der Waals surface area (Å²) in [5.41, 5.74) is 6.28. The van der Waals surface area contributed by atoms with Gasteiger partial charge in [-0.2, -0.15) is 4.98 Å². The summed E-state index contributed by atoms with van der Waals surface area (Å²) in [6, 6.07) is 4.56. The van der Waals surface area contributed by atoms with Gasteiger partial charge in [-0.05, 0) is 36.8 Å². The van der Waals surface area contributed by atoms with Gasteiger partial charge in [-0.15, -0.1) is 0 Å². The summed E-state index contributed by atoms with van der Waals surface area (Å²) in [7, 11) is 0. The number of benzene rings is 1. The van der Waals surface area contributed by atoms with Crippen molar-refractivity contribution in [3.63, 3.8) is 0 Å². The van der Waals surface area contributed by atoms with Gasteiger partial charge in [0.2, 0.25) is 11.8 Å². The number of pyridine rings is 1. The van der Waals surface area contributed by atoms with Crippen molar-refractivity contribution in [3.05, 3.63) is 39.4 Å². The molecule has 1 heterocycles. The van der Waals surface area contributed by atoms with Gasteiger partial charge in [0, 0.05) is 12.0 Å². The Morgan fingerprint density at radius 3 is 2.46 bits per heavy atom. The molecule has 1 aromatic carbocycles. The van der Waals surface area contributed by atoms with Crippen LogP contribution in [0.25, 0.3) is 0 Å². The van der Waals surface area contributed by atoms with Crippen LogP contribution in [0.15, 0.2) is 18.2 Å². The van der Waals surface area contributed by atoms with Crippen LogP contribution >= 0.6 is 35.4 Å². The molecule has 0 fully saturated rings. The van der Waals surface area contributed by atoms with E-state index in [1.807, 2.05) is 0 Å². The Labute approximate surface area is 216 Å². The Hall–Kier alpha value is -2.76. The SMILES string of the molecule is CC(=O)c1cc(NC(=S)Nc2c(Cl)ccc(CNC(=O)C(C)(C)C)c2Cl)c(N)nc1OCC(F)F. The van der Waals surface area contributed by atoms with Crippen LogP contribution in [0.1, 0.15) is 43.6 Å². The minimum absolute atomic E-state index is 0.00827. The van der Waals surface area contributed by atoms with E-state index in [9.17, 15) is 18.4 Å². The predicted molar refractivity (Wildman–Crippen MR) is 138 cm³/mol. The van der Waals surface area contributed by atoms with Gasteiger partial charge in [0.15, 0.2) is 23.3 Å². The van der Waals surface area contributed by atoms with Crippen LogP contribution < -0.4 is 26.4 Å². The number of halogens is 4. The molecule has 0 atom stereocenters. The smallest absolute Gasteiger partial charge is 0.272 e. The van der Waals surface area contributed by atoms with Crippen molar-refractivity contribution in [2.75, 3.05) is 23.0 Å². The average Bonchev–Trinajstić information content (AvgIpc) is 2.74. The van der Waals surface area contributed by atoms with E-state index in [0.29, 0.717) is 5.56 Å². The molecule has 0 saturated heterocycles. The molecule has 35 heavy (non-hydrogen) atoms. The van der Waals surface area contributed by atoms with Crippen LogP contribution in [0.4, 0.5) is 26.0 Å². The molecule has 190 valence electrons. The largest absolute Gasteiger partial charge is 0.471 e. The minimum Gasteiger partial charge on any atom is -0.471 e. The number of Topliss-reactive ketones (excluding diaryl/α,β-unsaturated/α-hetero) is 1. The van der Waals surface area contributed by atoms with Gasteiger partial charge in [0.1, 0.15) is 0 Å². The number of thiocarbonyl (C=S) groups is 1. The summed E-state index contributed by atoms with van der Waals surface area (Å²) in [5.74, 6) is -1.07. The third-order valence-corrected chi connectivity index (χ3v) is 5.47. The number of ether oxygens (including phenoxy) is 1. The molecule has 0 bridgehead atoms. The fraction of sp³-hybridized carbons (Fsp3) is 0.364. The fourth-order valence-electron chi connectivity index (χ4n) is 2.67. The number of alkyl halides is 2. The maximum Gasteiger partial charge on any atom is 0.272 e. The van der Waals surface area contributed by atoms with Crippen LogP contribution in [-0.2, 0) is 11.3 Å². The molecule has 0 aliphatic carbocycles. The summed E-state index contributed by atoms with van der Waals surface area (Å²) in [4.78, 5) is 28.0. The Balaban J connectivity index is 2.22. The third-order valence-electron chi connectivity index (χ3n) is 4.52. The van der Waals surface area contributed by atoms with Gasteiger partial charge >= 0.3 is 0 Å². The first kappa shape index (κ1) is 28.5. The van der Waals surface area contributed by atoms with E-state index in [4.69, 9.17) is 45.9 Å². The highest BCUT2D eigenvalue weighted by Crippen LogP contribution is 2.34. The number of nitrogens with two attached hydrogens (primary N) is 1. The monoisotopic (exact) mass is 547 g/mol. The Morgan fingerprint density at radius 1 is 1.23 bits per heavy atom. The summed E-state index contributed by atoms with van der Waals surface area (Å²) in [5, 5.41) is 8.96. The highest BCUT2D eigenvalue weighted by Gasteiger charge is 2.22. The maximum absolute atomic E-state index is 12.5. The molecule has 8 nitrogen and oxygen atoms in total. The van der Waals surface area contributed by atoms with Crippen molar-refractivity contribution in [1.82, 2.24) is 10.3 Å². The van der Waals surface area contributed by atoms with Gasteiger partial charge in [0.25, 0.3) is 6.43 Å². The van der Waals surface area contributed by atoms with Crippen molar-refractivity contribution < 1.29 is 23.1 Å². The normalized spacial score (nSPS) is 11.2. The predicted octanol–water partition coefficient (Wildman–Crippen LogP) is 5.29. The van der Waals surface area contributed by atoms with E-state index in [2.05, 4.69) is 20.9 Å². The lowest BCUT2D eigenvalue weighted by Gasteiger charge is -2.19. The molecule has 0 radical (unpaired) electrons. The number of ketones is 1. The number of nitrogens with zero attached hydrogens (tertiary/aromatic N) is 1. The number of amides is 1. The first-order valence-corrected chi connectivity index (χ1v) is 11.4. The van der Waals surface area contributed by atoms with E-state index in [-0.39, 0.29) is 56.2 Å². The Morgan fingerprint density at radius 2 is 1.89 bits per heavy atom. The number of nitrogens with one attached hydrogen (secondary N) is 3. The Bertz CT molecular complexity index is 1140. The van der Waals surface area contributed by atoms with Crippen LogP contribution in [0.5, 0.6) is 5.88 Å². The quantitative estimate of drug-likeness (QED) is 0.260. The molecule has 2 rings (SSSR count). The van der Waals surface area contributed by atoms with E-state index in [1.54, 1.807) is 32.9 Å². The molecular weight excluding hydrogens is 523 g/mol. The van der Waals surface area contributed by atoms with E-state index in [1.165, 1.54) is 13.0 Å². The number of rotatable bonds is 8. The van der Waals surface area contributed by atoms with Gasteiger partial charge in [-0.25, -0.2) is 8.78 Å². The van der Waals surface area contributed by atoms with Crippen LogP contribution in [0, 0.1) is 5.41 Å². The molecule has 0 aliphatic heterocycles. The van der Waals surface area contributed by atoms with E-state index < -0.39 is 24.2 Å². The highest BCUT2D eigenvalue weighted by atomic mass is 35.5. The number of carbonyl (C=O) groups excluding carboxylic acids is 2. The summed E-state index contributed by atoms with van der Waals surface area (Å²) in [6.07, 6.45) is -2.75. The summed E-state index contributed by atoms with van der Waals surface area (Å²) in [6.45, 7) is 5.82. The molecule has 5 N–H and O–H groups in total. The summed E-state index contributed by atoms with van der Waals surface area (Å²) < 4.78 is 29.9. The molecule has 0 saturated carbocycles. The second kappa shape index (κ2) is 11.8. The van der Waals surface area contributed by atoms with Crippen LogP contribution in [0.2, 0.25) is 10.0 Å². The molecule has 2 aromatic rings. The first-order chi connectivity index (χ1) is 16.2. The topological polar surface area (TPSA) is 118 Å². The fourth-order valence-corrected chi connectivity index (χ4v) is 3.41. The van der Waals surface area contributed by atoms with Gasteiger partial charge in [-0.1, -0.05) is 50.0 Å². The lowest BCUT2D eigenvalue weighted by molar-refractivity contribution is -0.128. The molecule has 1 aromatic heterocycles. The lowest BCUT2D eigenvalue weighted by atomic mass is 9.95. The first-order valence-electron chi connectivity index (χ1n) is 10.3. The number of anilines is 3. The number of aromatic nitrogens is 1. The highest BCUT2D eigenvalue weighted by molar-refractivity contribution is 7.80. The zero-order valence-electron chi connectivity index (χ0n) is 19.4. The Kier molecular flexibility index (Phi) is 9.59. The molecule has 0 aliphatic rings. The van der Waals surface area contributed by atoms with Gasteiger partial charge in [-0.3, -0.25) is 9.59 Å². The minimum atomic E-state index is -2.75. The summed E-state index contributed by atoms with van der Waals surface area (Å²) >= 11 is 18.1. The molecule has 1 amide bonds. The zero-order chi connectivity index (χ0) is 26.5. The number of carbonyl (C=O) groups is 2. The second-order valence-electron chi connectivity index (χ2n) is 8.44.